The Labute approximate surface area is 264 Å². The van der Waals surface area contributed by atoms with Gasteiger partial charge in [0.15, 0.2) is 0 Å². The van der Waals surface area contributed by atoms with Crippen LogP contribution in [0, 0.1) is 5.92 Å². The van der Waals surface area contributed by atoms with Gasteiger partial charge < -0.3 is 24.4 Å². The molecule has 0 bridgehead atoms. The van der Waals surface area contributed by atoms with Crippen molar-refractivity contribution in [3.63, 3.8) is 0 Å². The highest BCUT2D eigenvalue weighted by molar-refractivity contribution is 5.69. The molecule has 2 amide bonds. The Morgan fingerprint density at radius 1 is 0.795 bits per heavy atom. The van der Waals surface area contributed by atoms with E-state index in [2.05, 4.69) is 36.8 Å². The van der Waals surface area contributed by atoms with Gasteiger partial charge >= 0.3 is 12.2 Å². The van der Waals surface area contributed by atoms with E-state index in [1.807, 2.05) is 83.0 Å². The number of aliphatic hydroxyl groups excluding tert-OH is 1. The van der Waals surface area contributed by atoms with E-state index in [0.717, 1.165) is 43.7 Å². The lowest BCUT2D eigenvalue weighted by Crippen LogP contribution is -2.55. The van der Waals surface area contributed by atoms with Gasteiger partial charge in [0, 0.05) is 54.2 Å². The summed E-state index contributed by atoms with van der Waals surface area (Å²) in [5.41, 5.74) is 0.741. The quantitative estimate of drug-likeness (QED) is 0.409. The summed E-state index contributed by atoms with van der Waals surface area (Å²) in [5.74, 6) is 0.355. The van der Waals surface area contributed by atoms with Crippen molar-refractivity contribution in [3.8, 4) is 0 Å². The molecule has 2 aromatic heterocycles. The van der Waals surface area contributed by atoms with Gasteiger partial charge in [0.2, 0.25) is 0 Å². The summed E-state index contributed by atoms with van der Waals surface area (Å²) in [4.78, 5) is 36.9. The number of nitrogens with zero attached hydrogens (tertiary/aromatic N) is 4. The molecule has 4 rings (SSSR count). The average Bonchev–Trinajstić information content (AvgIpc) is 2.97. The molecule has 0 aromatic carbocycles. The van der Waals surface area contributed by atoms with Gasteiger partial charge in [-0.2, -0.15) is 0 Å². The van der Waals surface area contributed by atoms with Crippen LogP contribution in [-0.4, -0.2) is 80.5 Å². The van der Waals surface area contributed by atoms with Crippen molar-refractivity contribution in [2.24, 2.45) is 5.92 Å². The molecule has 2 fully saturated rings. The molecule has 0 radical (unpaired) electrons. The van der Waals surface area contributed by atoms with Crippen molar-refractivity contribution in [1.29, 1.82) is 0 Å². The lowest BCUT2D eigenvalue weighted by Gasteiger charge is -2.46. The zero-order chi connectivity index (χ0) is 32.8. The second-order valence-electron chi connectivity index (χ2n) is 14.2. The summed E-state index contributed by atoms with van der Waals surface area (Å²) in [6.07, 6.45) is 5.83. The van der Waals surface area contributed by atoms with Crippen LogP contribution in [0.25, 0.3) is 0 Å². The van der Waals surface area contributed by atoms with Crippen molar-refractivity contribution >= 4 is 12.2 Å². The highest BCUT2D eigenvalue weighted by atomic mass is 16.6. The van der Waals surface area contributed by atoms with Crippen LogP contribution in [0.5, 0.6) is 0 Å². The van der Waals surface area contributed by atoms with Gasteiger partial charge in [0.25, 0.3) is 0 Å². The van der Waals surface area contributed by atoms with Crippen molar-refractivity contribution in [1.82, 2.24) is 19.8 Å². The highest BCUT2D eigenvalue weighted by Gasteiger charge is 2.45. The Bertz CT molecular complexity index is 1120. The summed E-state index contributed by atoms with van der Waals surface area (Å²) in [5, 5.41) is 10.7. The van der Waals surface area contributed by atoms with Gasteiger partial charge in [-0.3, -0.25) is 9.97 Å². The molecule has 2 aliphatic heterocycles. The van der Waals surface area contributed by atoms with Gasteiger partial charge in [0.05, 0.1) is 12.6 Å². The Morgan fingerprint density at radius 2 is 1.23 bits per heavy atom. The summed E-state index contributed by atoms with van der Waals surface area (Å²) in [7, 11) is 0. The fourth-order valence-electron chi connectivity index (χ4n) is 6.43. The zero-order valence-electron chi connectivity index (χ0n) is 28.3. The number of rotatable bonds is 4. The van der Waals surface area contributed by atoms with Gasteiger partial charge in [-0.05, 0) is 97.4 Å². The maximum atomic E-state index is 12.3. The van der Waals surface area contributed by atoms with E-state index >= 15 is 0 Å². The van der Waals surface area contributed by atoms with E-state index in [0.29, 0.717) is 18.9 Å². The molecule has 9 heteroatoms. The van der Waals surface area contributed by atoms with Crippen LogP contribution in [0.3, 0.4) is 0 Å². The van der Waals surface area contributed by atoms with E-state index in [1.165, 1.54) is 0 Å². The number of β-amino-alcohol motifs (C(OH)–C–C–N with tert-alkyl or cyclic N) is 1. The maximum Gasteiger partial charge on any atom is 0.410 e. The monoisotopic (exact) mass is 610 g/mol. The number of piperidine rings is 2. The topological polar surface area (TPSA) is 105 Å². The molecule has 4 atom stereocenters. The highest BCUT2D eigenvalue weighted by Crippen LogP contribution is 2.42. The third-order valence-electron chi connectivity index (χ3n) is 9.04. The summed E-state index contributed by atoms with van der Waals surface area (Å²) in [6.45, 7) is 20.0. The number of ether oxygens (including phenoxy) is 2. The first-order valence-corrected chi connectivity index (χ1v) is 16.0. The second-order valence-corrected chi connectivity index (χ2v) is 14.2. The SMILES string of the molecule is CC[C@@]1(c2ccccn2)CCN(C(=O)OC(C)(C)C)C[C@H]1C.CC[C@@]1(c2ccccn2)CCN(C(=O)OC(C)(C)C)C[C@H]1O. The minimum absolute atomic E-state index is 0.0553. The molecule has 244 valence electrons. The molecular formula is C35H54N4O5. The molecule has 0 unspecified atom stereocenters. The smallest absolute Gasteiger partial charge is 0.410 e. The van der Waals surface area contributed by atoms with E-state index in [-0.39, 0.29) is 29.6 Å². The van der Waals surface area contributed by atoms with Crippen LogP contribution in [0.1, 0.15) is 99.4 Å². The Kier molecular flexibility index (Phi) is 11.4. The summed E-state index contributed by atoms with van der Waals surface area (Å²) < 4.78 is 10.9. The Morgan fingerprint density at radius 3 is 1.59 bits per heavy atom. The molecule has 2 saturated heterocycles. The third kappa shape index (κ3) is 8.49. The normalized spacial score (nSPS) is 25.9. The predicted octanol–water partition coefficient (Wildman–Crippen LogP) is 6.74. The number of hydrogen-bond acceptors (Lipinski definition) is 7. The lowest BCUT2D eigenvalue weighted by molar-refractivity contribution is -0.0260. The molecule has 0 spiro atoms. The van der Waals surface area contributed by atoms with E-state index in [4.69, 9.17) is 9.47 Å². The van der Waals surface area contributed by atoms with Crippen LogP contribution in [0.15, 0.2) is 48.8 Å². The average molecular weight is 611 g/mol. The minimum atomic E-state index is -0.645. The Hall–Kier alpha value is -3.20. The summed E-state index contributed by atoms with van der Waals surface area (Å²) in [6, 6.07) is 11.9. The van der Waals surface area contributed by atoms with Crippen molar-refractivity contribution < 1.29 is 24.2 Å². The largest absolute Gasteiger partial charge is 0.444 e. The van der Waals surface area contributed by atoms with Crippen LogP contribution in [-0.2, 0) is 20.3 Å². The Balaban J connectivity index is 0.000000240. The molecule has 1 N–H and O–H groups in total. The number of hydrogen-bond donors (Lipinski definition) is 1. The van der Waals surface area contributed by atoms with Crippen LogP contribution in [0.2, 0.25) is 0 Å². The number of carbonyl (C=O) groups is 2. The molecule has 44 heavy (non-hydrogen) atoms. The fourth-order valence-corrected chi connectivity index (χ4v) is 6.43. The zero-order valence-corrected chi connectivity index (χ0v) is 28.3. The molecule has 4 heterocycles. The number of carbonyl (C=O) groups excluding carboxylic acids is 2. The molecule has 9 nitrogen and oxygen atoms in total. The van der Waals surface area contributed by atoms with E-state index in [1.54, 1.807) is 11.1 Å². The molecule has 2 aromatic rings. The molecule has 2 aliphatic rings. The predicted molar refractivity (Wildman–Crippen MR) is 172 cm³/mol. The first-order chi connectivity index (χ1) is 20.6. The summed E-state index contributed by atoms with van der Waals surface area (Å²) >= 11 is 0. The maximum absolute atomic E-state index is 12.3. The number of aliphatic hydroxyl groups is 1. The van der Waals surface area contributed by atoms with Gasteiger partial charge in [-0.25, -0.2) is 9.59 Å². The van der Waals surface area contributed by atoms with Gasteiger partial charge in [0.1, 0.15) is 11.2 Å². The van der Waals surface area contributed by atoms with Crippen molar-refractivity contribution in [2.45, 2.75) is 116 Å². The third-order valence-corrected chi connectivity index (χ3v) is 9.04. The van der Waals surface area contributed by atoms with Gasteiger partial charge in [-0.1, -0.05) is 32.9 Å². The minimum Gasteiger partial charge on any atom is -0.444 e. The molecule has 0 aliphatic carbocycles. The fraction of sp³-hybridized carbons (Fsp3) is 0.657. The number of pyridine rings is 2. The standard InChI is InChI=1S/C18H28N2O2.C17H26N2O3/c1-6-18(15-9-7-8-11-19-15)10-12-20(13-14(18)2)16(21)22-17(3,4)5;1-5-17(13-8-6-7-10-18-13)9-11-19(12-14(17)20)15(21)22-16(2,3)4/h7-9,11,14H,6,10,12-13H2,1-5H3;6-8,10,14,20H,5,9,11-12H2,1-4H3/t14-,18-;14-,17+/m11/s1. The van der Waals surface area contributed by atoms with E-state index < -0.39 is 17.3 Å². The van der Waals surface area contributed by atoms with Crippen LogP contribution >= 0.6 is 0 Å². The first-order valence-electron chi connectivity index (χ1n) is 16.0. The van der Waals surface area contributed by atoms with Crippen molar-refractivity contribution in [2.75, 3.05) is 26.2 Å². The van der Waals surface area contributed by atoms with Crippen LogP contribution < -0.4 is 0 Å². The van der Waals surface area contributed by atoms with E-state index in [9.17, 15) is 14.7 Å². The van der Waals surface area contributed by atoms with Crippen LogP contribution in [0.4, 0.5) is 9.59 Å². The first kappa shape index (κ1) is 35.3. The number of likely N-dealkylation sites (tertiary alicyclic amines) is 2. The second kappa shape index (κ2) is 14.3. The lowest BCUT2D eigenvalue weighted by atomic mass is 9.67. The van der Waals surface area contributed by atoms with Gasteiger partial charge in [-0.15, -0.1) is 0 Å². The number of aromatic nitrogens is 2. The molecular weight excluding hydrogens is 556 g/mol. The van der Waals surface area contributed by atoms with Crippen molar-refractivity contribution in [3.05, 3.63) is 60.2 Å². The molecule has 0 saturated carbocycles. The number of amides is 2.